The molecule has 3 rings (SSSR count). The van der Waals surface area contributed by atoms with Gasteiger partial charge in [0.2, 0.25) is 5.91 Å². The van der Waals surface area contributed by atoms with E-state index in [-0.39, 0.29) is 5.91 Å². The Morgan fingerprint density at radius 3 is 2.32 bits per heavy atom. The van der Waals surface area contributed by atoms with Crippen molar-refractivity contribution in [2.45, 2.75) is 19.1 Å². The van der Waals surface area contributed by atoms with E-state index in [1.54, 1.807) is 4.90 Å². The van der Waals surface area contributed by atoms with Gasteiger partial charge in [0, 0.05) is 32.6 Å². The number of ether oxygens (including phenoxy) is 1. The van der Waals surface area contributed by atoms with Crippen molar-refractivity contribution >= 4 is 5.91 Å². The Labute approximate surface area is 162 Å². The number of nitrogens with zero attached hydrogens (tertiary/aromatic N) is 2. The van der Waals surface area contributed by atoms with Gasteiger partial charge in [0.25, 0.3) is 0 Å². The first-order valence-electron chi connectivity index (χ1n) is 9.26. The molecule has 0 radical (unpaired) electrons. The molecule has 28 heavy (non-hydrogen) atoms. The lowest BCUT2D eigenvalue weighted by Gasteiger charge is -2.22. The summed E-state index contributed by atoms with van der Waals surface area (Å²) in [6, 6.07) is 14.7. The van der Waals surface area contributed by atoms with Crippen molar-refractivity contribution in [2.75, 3.05) is 32.8 Å². The molecule has 0 N–H and O–H groups in total. The molecule has 1 amide bonds. The van der Waals surface area contributed by atoms with Crippen LogP contribution in [0.1, 0.15) is 17.5 Å². The molecule has 0 spiro atoms. The second kappa shape index (κ2) is 9.10. The molecular weight excluding hydrogens is 369 g/mol. The molecule has 0 aromatic heterocycles. The highest BCUT2D eigenvalue weighted by atomic mass is 19.4. The fourth-order valence-corrected chi connectivity index (χ4v) is 3.15. The smallest absolute Gasteiger partial charge is 0.416 e. The second-order valence-electron chi connectivity index (χ2n) is 6.76. The molecular formula is C21H23F3N2O2. The van der Waals surface area contributed by atoms with Gasteiger partial charge in [0.15, 0.2) is 0 Å². The Kier molecular flexibility index (Phi) is 6.57. The number of rotatable bonds is 6. The molecule has 0 saturated carbocycles. The Bertz CT molecular complexity index is 763. The monoisotopic (exact) mass is 392 g/mol. The van der Waals surface area contributed by atoms with Crippen LogP contribution in [0, 0.1) is 0 Å². The summed E-state index contributed by atoms with van der Waals surface area (Å²) in [6.45, 7) is 3.32. The van der Waals surface area contributed by atoms with Gasteiger partial charge in [-0.05, 0) is 29.8 Å². The lowest BCUT2D eigenvalue weighted by Crippen LogP contribution is -2.36. The van der Waals surface area contributed by atoms with Gasteiger partial charge >= 0.3 is 6.18 Å². The summed E-state index contributed by atoms with van der Waals surface area (Å²) in [5.41, 5.74) is 0.160. The van der Waals surface area contributed by atoms with Crippen LogP contribution >= 0.6 is 0 Å². The van der Waals surface area contributed by atoms with E-state index in [0.717, 1.165) is 23.4 Å². The molecule has 0 atom stereocenters. The first kappa shape index (κ1) is 20.2. The van der Waals surface area contributed by atoms with Crippen molar-refractivity contribution in [1.82, 2.24) is 9.80 Å². The first-order valence-corrected chi connectivity index (χ1v) is 9.26. The standard InChI is InChI=1S/C21H23F3N2O2/c22-21(23,24)18-8-6-17(7-9-18)16-25-11-10-20(27)26(13-12-25)14-15-28-19-4-2-1-3-5-19/h1-9H,10-16H2. The summed E-state index contributed by atoms with van der Waals surface area (Å²) in [5.74, 6) is 0.847. The average Bonchev–Trinajstić information content (AvgIpc) is 2.85. The Morgan fingerprint density at radius 2 is 1.64 bits per heavy atom. The van der Waals surface area contributed by atoms with Crippen LogP contribution in [0.2, 0.25) is 0 Å². The highest BCUT2D eigenvalue weighted by molar-refractivity contribution is 5.76. The lowest BCUT2D eigenvalue weighted by atomic mass is 10.1. The third-order valence-corrected chi connectivity index (χ3v) is 4.74. The number of hydrogen-bond acceptors (Lipinski definition) is 3. The quantitative estimate of drug-likeness (QED) is 0.749. The fraction of sp³-hybridized carbons (Fsp3) is 0.381. The van der Waals surface area contributed by atoms with Crippen LogP contribution in [0.15, 0.2) is 54.6 Å². The van der Waals surface area contributed by atoms with Crippen LogP contribution in [0.5, 0.6) is 5.75 Å². The van der Waals surface area contributed by atoms with E-state index in [9.17, 15) is 18.0 Å². The number of para-hydroxylation sites is 1. The van der Waals surface area contributed by atoms with Crippen LogP contribution in [-0.2, 0) is 17.5 Å². The van der Waals surface area contributed by atoms with E-state index in [0.29, 0.717) is 45.8 Å². The maximum absolute atomic E-state index is 12.7. The van der Waals surface area contributed by atoms with Crippen LogP contribution in [0.3, 0.4) is 0 Å². The zero-order valence-electron chi connectivity index (χ0n) is 15.5. The number of benzene rings is 2. The highest BCUT2D eigenvalue weighted by Crippen LogP contribution is 2.29. The van der Waals surface area contributed by atoms with Gasteiger partial charge in [0.1, 0.15) is 12.4 Å². The minimum Gasteiger partial charge on any atom is -0.492 e. The molecule has 2 aromatic carbocycles. The highest BCUT2D eigenvalue weighted by Gasteiger charge is 2.30. The molecule has 7 heteroatoms. The molecule has 150 valence electrons. The van der Waals surface area contributed by atoms with Gasteiger partial charge in [-0.15, -0.1) is 0 Å². The van der Waals surface area contributed by atoms with E-state index in [1.807, 2.05) is 30.3 Å². The van der Waals surface area contributed by atoms with Crippen LogP contribution < -0.4 is 4.74 Å². The molecule has 1 aliphatic heterocycles. The number of amides is 1. The predicted molar refractivity (Wildman–Crippen MR) is 99.9 cm³/mol. The van der Waals surface area contributed by atoms with Crippen molar-refractivity contribution in [3.8, 4) is 5.75 Å². The minimum atomic E-state index is -4.32. The average molecular weight is 392 g/mol. The van der Waals surface area contributed by atoms with E-state index in [4.69, 9.17) is 4.74 Å². The predicted octanol–water partition coefficient (Wildman–Crippen LogP) is 3.82. The fourth-order valence-electron chi connectivity index (χ4n) is 3.15. The summed E-state index contributed by atoms with van der Waals surface area (Å²) >= 11 is 0. The zero-order chi connectivity index (χ0) is 20.0. The molecule has 0 unspecified atom stereocenters. The van der Waals surface area contributed by atoms with Crippen molar-refractivity contribution in [3.63, 3.8) is 0 Å². The van der Waals surface area contributed by atoms with Crippen LogP contribution in [0.25, 0.3) is 0 Å². The topological polar surface area (TPSA) is 32.8 Å². The molecule has 2 aromatic rings. The van der Waals surface area contributed by atoms with E-state index >= 15 is 0 Å². The number of halogens is 3. The van der Waals surface area contributed by atoms with E-state index in [2.05, 4.69) is 4.90 Å². The van der Waals surface area contributed by atoms with Gasteiger partial charge < -0.3 is 9.64 Å². The summed E-state index contributed by atoms with van der Waals surface area (Å²) < 4.78 is 43.7. The van der Waals surface area contributed by atoms with Crippen molar-refractivity contribution in [2.24, 2.45) is 0 Å². The largest absolute Gasteiger partial charge is 0.492 e. The van der Waals surface area contributed by atoms with Crippen molar-refractivity contribution in [3.05, 3.63) is 65.7 Å². The molecule has 0 aliphatic carbocycles. The number of carbonyl (C=O) groups excluding carboxylic acids is 1. The lowest BCUT2D eigenvalue weighted by molar-refractivity contribution is -0.137. The number of hydrogen-bond donors (Lipinski definition) is 0. The maximum atomic E-state index is 12.7. The maximum Gasteiger partial charge on any atom is 0.416 e. The van der Waals surface area contributed by atoms with Gasteiger partial charge in [-0.3, -0.25) is 9.69 Å². The SMILES string of the molecule is O=C1CCN(Cc2ccc(C(F)(F)F)cc2)CCN1CCOc1ccccc1. The second-order valence-corrected chi connectivity index (χ2v) is 6.76. The van der Waals surface area contributed by atoms with Gasteiger partial charge in [0.05, 0.1) is 12.1 Å². The number of alkyl halides is 3. The van der Waals surface area contributed by atoms with Crippen LogP contribution in [-0.4, -0.2) is 48.5 Å². The zero-order valence-corrected chi connectivity index (χ0v) is 15.5. The Morgan fingerprint density at radius 1 is 0.929 bits per heavy atom. The summed E-state index contributed by atoms with van der Waals surface area (Å²) in [6.07, 6.45) is -3.93. The third kappa shape index (κ3) is 5.73. The Hall–Kier alpha value is -2.54. The summed E-state index contributed by atoms with van der Waals surface area (Å²) in [5, 5.41) is 0. The van der Waals surface area contributed by atoms with Gasteiger partial charge in [-0.2, -0.15) is 13.2 Å². The van der Waals surface area contributed by atoms with E-state index < -0.39 is 11.7 Å². The van der Waals surface area contributed by atoms with E-state index in [1.165, 1.54) is 12.1 Å². The Balaban J connectivity index is 1.48. The van der Waals surface area contributed by atoms with Gasteiger partial charge in [-0.25, -0.2) is 0 Å². The molecule has 4 nitrogen and oxygen atoms in total. The summed E-state index contributed by atoms with van der Waals surface area (Å²) in [4.78, 5) is 16.2. The molecule has 1 saturated heterocycles. The molecule has 0 bridgehead atoms. The minimum absolute atomic E-state index is 0.0755. The summed E-state index contributed by atoms with van der Waals surface area (Å²) in [7, 11) is 0. The third-order valence-electron chi connectivity index (χ3n) is 4.74. The molecule has 1 fully saturated rings. The molecule has 1 aliphatic rings. The number of carbonyl (C=O) groups is 1. The van der Waals surface area contributed by atoms with Crippen molar-refractivity contribution < 1.29 is 22.7 Å². The van der Waals surface area contributed by atoms with Gasteiger partial charge in [-0.1, -0.05) is 30.3 Å². The normalized spacial score (nSPS) is 16.1. The van der Waals surface area contributed by atoms with Crippen molar-refractivity contribution in [1.29, 1.82) is 0 Å². The molecule has 1 heterocycles. The first-order chi connectivity index (χ1) is 13.4. The van der Waals surface area contributed by atoms with Crippen LogP contribution in [0.4, 0.5) is 13.2 Å².